The second-order valence-corrected chi connectivity index (χ2v) is 5.95. The van der Waals surface area contributed by atoms with Crippen LogP contribution in [0.2, 0.25) is 0 Å². The SMILES string of the molecule is Cn1c(=O)[nH]c2cc(OCCNC(=O)OC(C)(C)C)ccc21. The number of hydrogen-bond acceptors (Lipinski definition) is 4. The summed E-state index contributed by atoms with van der Waals surface area (Å²) in [4.78, 5) is 25.7. The Hall–Kier alpha value is -2.44. The molecule has 22 heavy (non-hydrogen) atoms. The van der Waals surface area contributed by atoms with Gasteiger partial charge in [-0.15, -0.1) is 0 Å². The van der Waals surface area contributed by atoms with Gasteiger partial charge in [0.25, 0.3) is 0 Å². The summed E-state index contributed by atoms with van der Waals surface area (Å²) in [5, 5.41) is 2.61. The molecule has 0 spiro atoms. The molecule has 1 aromatic heterocycles. The van der Waals surface area contributed by atoms with Crippen LogP contribution in [0.1, 0.15) is 20.8 Å². The summed E-state index contributed by atoms with van der Waals surface area (Å²) in [6.07, 6.45) is -0.473. The molecule has 1 amide bonds. The first-order valence-electron chi connectivity index (χ1n) is 7.05. The fourth-order valence-electron chi connectivity index (χ4n) is 1.94. The first kappa shape index (κ1) is 15.9. The second kappa shape index (κ2) is 6.13. The molecule has 0 saturated heterocycles. The highest BCUT2D eigenvalue weighted by Crippen LogP contribution is 2.17. The normalized spacial score (nSPS) is 11.5. The predicted octanol–water partition coefficient (Wildman–Crippen LogP) is 1.77. The first-order chi connectivity index (χ1) is 10.3. The van der Waals surface area contributed by atoms with Crippen LogP contribution in [0.5, 0.6) is 5.75 Å². The number of imidazole rings is 1. The van der Waals surface area contributed by atoms with Gasteiger partial charge in [-0.05, 0) is 32.9 Å². The number of ether oxygens (including phenoxy) is 2. The highest BCUT2D eigenvalue weighted by molar-refractivity contribution is 5.76. The Labute approximate surface area is 128 Å². The summed E-state index contributed by atoms with van der Waals surface area (Å²) in [6, 6.07) is 5.34. The molecular weight excluding hydrogens is 286 g/mol. The molecule has 0 saturated carbocycles. The average molecular weight is 307 g/mol. The van der Waals surface area contributed by atoms with Gasteiger partial charge in [0, 0.05) is 13.1 Å². The van der Waals surface area contributed by atoms with Crippen molar-refractivity contribution >= 4 is 17.1 Å². The third-order valence-corrected chi connectivity index (χ3v) is 2.91. The van der Waals surface area contributed by atoms with E-state index in [9.17, 15) is 9.59 Å². The topological polar surface area (TPSA) is 85.4 Å². The van der Waals surface area contributed by atoms with E-state index in [-0.39, 0.29) is 5.69 Å². The second-order valence-electron chi connectivity index (χ2n) is 5.95. The molecule has 0 aliphatic carbocycles. The summed E-state index contributed by atoms with van der Waals surface area (Å²) < 4.78 is 12.2. The Morgan fingerprint density at radius 2 is 2.09 bits per heavy atom. The highest BCUT2D eigenvalue weighted by Gasteiger charge is 2.15. The lowest BCUT2D eigenvalue weighted by atomic mass is 10.2. The van der Waals surface area contributed by atoms with Crippen LogP contribution >= 0.6 is 0 Å². The van der Waals surface area contributed by atoms with E-state index in [1.807, 2.05) is 6.07 Å². The molecule has 1 aromatic carbocycles. The molecule has 0 atom stereocenters. The Balaban J connectivity index is 1.85. The molecule has 2 N–H and O–H groups in total. The monoisotopic (exact) mass is 307 g/mol. The number of carbonyl (C=O) groups excluding carboxylic acids is 1. The number of aromatic nitrogens is 2. The standard InChI is InChI=1S/C15H21N3O4/c1-15(2,3)22-14(20)16-7-8-21-10-5-6-12-11(9-10)17-13(19)18(12)4/h5-6,9H,7-8H2,1-4H3,(H,16,20)(H,17,19). The number of aromatic amines is 1. The van der Waals surface area contributed by atoms with Crippen LogP contribution < -0.4 is 15.7 Å². The predicted molar refractivity (Wildman–Crippen MR) is 83.3 cm³/mol. The summed E-state index contributed by atoms with van der Waals surface area (Å²) >= 11 is 0. The lowest BCUT2D eigenvalue weighted by Gasteiger charge is -2.19. The molecule has 0 bridgehead atoms. The van der Waals surface area contributed by atoms with Crippen LogP contribution in [0.4, 0.5) is 4.79 Å². The first-order valence-corrected chi connectivity index (χ1v) is 7.05. The molecule has 2 rings (SSSR count). The Bertz CT molecular complexity index is 724. The van der Waals surface area contributed by atoms with Crippen LogP contribution in [0.3, 0.4) is 0 Å². The number of nitrogens with one attached hydrogen (secondary N) is 2. The van der Waals surface area contributed by atoms with Gasteiger partial charge in [0.1, 0.15) is 18.0 Å². The number of aryl methyl sites for hydroxylation is 1. The van der Waals surface area contributed by atoms with Crippen molar-refractivity contribution < 1.29 is 14.3 Å². The highest BCUT2D eigenvalue weighted by atomic mass is 16.6. The van der Waals surface area contributed by atoms with Gasteiger partial charge in [0.05, 0.1) is 17.6 Å². The number of carbonyl (C=O) groups is 1. The molecule has 0 aliphatic heterocycles. The third kappa shape index (κ3) is 4.03. The smallest absolute Gasteiger partial charge is 0.407 e. The lowest BCUT2D eigenvalue weighted by molar-refractivity contribution is 0.0520. The maximum atomic E-state index is 11.5. The van der Waals surface area contributed by atoms with Gasteiger partial charge in [0.2, 0.25) is 0 Å². The average Bonchev–Trinajstić information content (AvgIpc) is 2.68. The number of H-pyrrole nitrogens is 1. The fourth-order valence-corrected chi connectivity index (χ4v) is 1.94. The molecule has 2 aromatic rings. The van der Waals surface area contributed by atoms with Gasteiger partial charge in [-0.3, -0.25) is 4.57 Å². The molecular formula is C15H21N3O4. The maximum Gasteiger partial charge on any atom is 0.407 e. The number of alkyl carbamates (subject to hydrolysis) is 1. The van der Waals surface area contributed by atoms with Gasteiger partial charge in [-0.25, -0.2) is 9.59 Å². The Kier molecular flexibility index (Phi) is 4.44. The van der Waals surface area contributed by atoms with Gasteiger partial charge >= 0.3 is 11.8 Å². The van der Waals surface area contributed by atoms with E-state index in [1.54, 1.807) is 40.0 Å². The minimum atomic E-state index is -0.519. The van der Waals surface area contributed by atoms with E-state index in [0.717, 1.165) is 5.52 Å². The van der Waals surface area contributed by atoms with E-state index in [4.69, 9.17) is 9.47 Å². The molecule has 0 fully saturated rings. The molecule has 0 aliphatic rings. The summed E-state index contributed by atoms with van der Waals surface area (Å²) in [5.74, 6) is 0.625. The number of benzene rings is 1. The number of hydrogen-bond donors (Lipinski definition) is 2. The number of rotatable bonds is 4. The summed E-state index contributed by atoms with van der Waals surface area (Å²) in [7, 11) is 1.70. The molecule has 7 nitrogen and oxygen atoms in total. The van der Waals surface area contributed by atoms with Crippen LogP contribution in [-0.4, -0.2) is 34.4 Å². The van der Waals surface area contributed by atoms with E-state index >= 15 is 0 Å². The van der Waals surface area contributed by atoms with Crippen molar-refractivity contribution in [1.82, 2.24) is 14.9 Å². The lowest BCUT2D eigenvalue weighted by Crippen LogP contribution is -2.34. The van der Waals surface area contributed by atoms with Gasteiger partial charge in [0.15, 0.2) is 0 Å². The molecule has 0 radical (unpaired) electrons. The van der Waals surface area contributed by atoms with E-state index in [1.165, 1.54) is 4.57 Å². The minimum Gasteiger partial charge on any atom is -0.492 e. The maximum absolute atomic E-state index is 11.5. The number of fused-ring (bicyclic) bond motifs is 1. The van der Waals surface area contributed by atoms with Crippen molar-refractivity contribution in [2.75, 3.05) is 13.2 Å². The van der Waals surface area contributed by atoms with Crippen LogP contribution in [-0.2, 0) is 11.8 Å². The summed E-state index contributed by atoms with van der Waals surface area (Å²) in [5.41, 5.74) is 0.836. The number of nitrogens with zero attached hydrogens (tertiary/aromatic N) is 1. The van der Waals surface area contributed by atoms with Gasteiger partial charge in [-0.2, -0.15) is 0 Å². The van der Waals surface area contributed by atoms with Crippen molar-refractivity contribution in [1.29, 1.82) is 0 Å². The Morgan fingerprint density at radius 3 is 2.77 bits per heavy atom. The van der Waals surface area contributed by atoms with E-state index in [2.05, 4.69) is 10.3 Å². The zero-order valence-electron chi connectivity index (χ0n) is 13.2. The summed E-state index contributed by atoms with van der Waals surface area (Å²) in [6.45, 7) is 6.05. The van der Waals surface area contributed by atoms with Gasteiger partial charge in [-0.1, -0.05) is 0 Å². The largest absolute Gasteiger partial charge is 0.492 e. The molecule has 7 heteroatoms. The van der Waals surface area contributed by atoms with E-state index < -0.39 is 11.7 Å². The van der Waals surface area contributed by atoms with Crippen LogP contribution in [0.25, 0.3) is 11.0 Å². The fraction of sp³-hybridized carbons (Fsp3) is 0.467. The Morgan fingerprint density at radius 1 is 1.36 bits per heavy atom. The van der Waals surface area contributed by atoms with Crippen molar-refractivity contribution in [3.05, 3.63) is 28.7 Å². The van der Waals surface area contributed by atoms with Crippen molar-refractivity contribution in [3.8, 4) is 5.75 Å². The molecule has 0 unspecified atom stereocenters. The quantitative estimate of drug-likeness (QED) is 0.843. The van der Waals surface area contributed by atoms with Crippen molar-refractivity contribution in [2.24, 2.45) is 7.05 Å². The number of amides is 1. The molecule has 1 heterocycles. The minimum absolute atomic E-state index is 0.168. The van der Waals surface area contributed by atoms with Gasteiger partial charge < -0.3 is 19.8 Å². The van der Waals surface area contributed by atoms with Crippen molar-refractivity contribution in [2.45, 2.75) is 26.4 Å². The van der Waals surface area contributed by atoms with Crippen LogP contribution in [0, 0.1) is 0 Å². The molecule has 120 valence electrons. The zero-order chi connectivity index (χ0) is 16.3. The van der Waals surface area contributed by atoms with Crippen LogP contribution in [0.15, 0.2) is 23.0 Å². The van der Waals surface area contributed by atoms with Crippen molar-refractivity contribution in [3.63, 3.8) is 0 Å². The van der Waals surface area contributed by atoms with E-state index in [0.29, 0.717) is 24.4 Å². The third-order valence-electron chi connectivity index (χ3n) is 2.91. The zero-order valence-corrected chi connectivity index (χ0v) is 13.2.